The van der Waals surface area contributed by atoms with Crippen LogP contribution in [0.4, 0.5) is 23.7 Å². The van der Waals surface area contributed by atoms with E-state index in [1.165, 1.54) is 24.7 Å². The maximum Gasteiger partial charge on any atom is 0.405 e. The summed E-state index contributed by atoms with van der Waals surface area (Å²) in [6.07, 6.45) is 3.19. The van der Waals surface area contributed by atoms with Crippen molar-refractivity contribution in [3.8, 4) is 17.3 Å². The van der Waals surface area contributed by atoms with E-state index < -0.39 is 24.3 Å². The summed E-state index contributed by atoms with van der Waals surface area (Å²) in [4.78, 5) is 38.1. The molecule has 15 heteroatoms. The van der Waals surface area contributed by atoms with E-state index in [4.69, 9.17) is 15.9 Å². The summed E-state index contributed by atoms with van der Waals surface area (Å²) in [6.45, 7) is 0.0993. The number of anilines is 1. The van der Waals surface area contributed by atoms with Crippen molar-refractivity contribution in [1.29, 1.82) is 10.7 Å². The molecule has 0 radical (unpaired) electrons. The van der Waals surface area contributed by atoms with Crippen LogP contribution in [0.2, 0.25) is 0 Å². The average Bonchev–Trinajstić information content (AvgIpc) is 3.66. The molecule has 2 aliphatic heterocycles. The molecule has 2 aromatic rings. The van der Waals surface area contributed by atoms with E-state index in [9.17, 15) is 28.0 Å². The van der Waals surface area contributed by atoms with Gasteiger partial charge < -0.3 is 36.4 Å². The number of nitrogens with zero attached hydrogens (tertiary/aromatic N) is 4. The van der Waals surface area contributed by atoms with Crippen LogP contribution >= 0.6 is 0 Å². The average molecular weight is 598 g/mol. The Hall–Kier alpha value is -4.97. The van der Waals surface area contributed by atoms with Crippen LogP contribution in [-0.2, 0) is 9.53 Å². The molecule has 43 heavy (non-hydrogen) atoms. The molecule has 4 rings (SSSR count). The lowest BCUT2D eigenvalue weighted by Gasteiger charge is -2.47. The van der Waals surface area contributed by atoms with Crippen LogP contribution in [0.15, 0.2) is 52.8 Å². The highest BCUT2D eigenvalue weighted by Gasteiger charge is 2.46. The smallest absolute Gasteiger partial charge is 0.404 e. The number of carbonyl (C=O) groups is 2. The number of ether oxygens (including phenoxy) is 1. The summed E-state index contributed by atoms with van der Waals surface area (Å²) in [7, 11) is 0. The molecule has 12 nitrogen and oxygen atoms in total. The lowest BCUT2D eigenvalue weighted by atomic mass is 9.86. The van der Waals surface area contributed by atoms with E-state index >= 15 is 0 Å². The van der Waals surface area contributed by atoms with Gasteiger partial charge in [0.15, 0.2) is 0 Å². The summed E-state index contributed by atoms with van der Waals surface area (Å²) in [5.74, 6) is 0.194. The Morgan fingerprint density at radius 2 is 2.14 bits per heavy atom. The number of imidazole rings is 1. The number of nitriles is 1. The maximum absolute atomic E-state index is 12.7. The molecule has 2 aliphatic rings. The summed E-state index contributed by atoms with van der Waals surface area (Å²) in [5, 5.41) is 21.4. The second-order valence-electron chi connectivity index (χ2n) is 10.1. The lowest BCUT2D eigenvalue weighted by Crippen LogP contribution is -2.63. The van der Waals surface area contributed by atoms with Crippen molar-refractivity contribution in [2.45, 2.75) is 24.6 Å². The quantitative estimate of drug-likeness (QED) is 0.207. The van der Waals surface area contributed by atoms with Gasteiger partial charge in [-0.15, -0.1) is 0 Å². The normalized spacial score (nSPS) is 18.7. The molecule has 6 N–H and O–H groups in total. The van der Waals surface area contributed by atoms with Crippen molar-refractivity contribution >= 4 is 36.1 Å². The number of H-pyrrole nitrogens is 1. The van der Waals surface area contributed by atoms with Crippen LogP contribution in [0.25, 0.3) is 17.3 Å². The van der Waals surface area contributed by atoms with Crippen LogP contribution in [0.1, 0.15) is 18.7 Å². The van der Waals surface area contributed by atoms with Crippen LogP contribution in [-0.4, -0.2) is 83.8 Å². The molecule has 1 unspecified atom stereocenters. The molecule has 1 aromatic heterocycles. The van der Waals surface area contributed by atoms with Gasteiger partial charge in [0.1, 0.15) is 17.9 Å². The highest BCUT2D eigenvalue weighted by molar-refractivity contribution is 6.01. The first-order valence-electron chi connectivity index (χ1n) is 13.2. The molecule has 3 heterocycles. The zero-order valence-corrected chi connectivity index (χ0v) is 22.9. The van der Waals surface area contributed by atoms with E-state index in [2.05, 4.69) is 26.3 Å². The molecular formula is C28H30F3N9O3. The number of aromatic nitrogens is 2. The van der Waals surface area contributed by atoms with Crippen LogP contribution < -0.4 is 16.4 Å². The molecular weight excluding hydrogens is 567 g/mol. The van der Waals surface area contributed by atoms with Crippen molar-refractivity contribution in [3.63, 3.8) is 0 Å². The second kappa shape index (κ2) is 13.3. The number of alkyl halides is 3. The number of aliphatic imine (C=N–C) groups is 1. The molecule has 2 saturated heterocycles. The highest BCUT2D eigenvalue weighted by atomic mass is 19.4. The van der Waals surface area contributed by atoms with Crippen LogP contribution in [0.3, 0.4) is 0 Å². The van der Waals surface area contributed by atoms with Gasteiger partial charge in [0.05, 0.1) is 36.9 Å². The van der Waals surface area contributed by atoms with Crippen LogP contribution in [0.5, 0.6) is 0 Å². The predicted octanol–water partition coefficient (Wildman–Crippen LogP) is 3.24. The Kier molecular flexibility index (Phi) is 9.61. The number of amides is 3. The number of hydrogen-bond acceptors (Lipinski definition) is 8. The van der Waals surface area contributed by atoms with E-state index in [-0.39, 0.29) is 23.9 Å². The predicted molar refractivity (Wildman–Crippen MR) is 153 cm³/mol. The Morgan fingerprint density at radius 3 is 2.79 bits per heavy atom. The monoisotopic (exact) mass is 597 g/mol. The Morgan fingerprint density at radius 1 is 1.35 bits per heavy atom. The van der Waals surface area contributed by atoms with Gasteiger partial charge in [0, 0.05) is 60.7 Å². The highest BCUT2D eigenvalue weighted by Crippen LogP contribution is 2.31. The molecule has 0 saturated carbocycles. The minimum absolute atomic E-state index is 0.00408. The molecule has 3 amide bonds. The van der Waals surface area contributed by atoms with Gasteiger partial charge in [-0.2, -0.15) is 18.4 Å². The van der Waals surface area contributed by atoms with E-state index in [0.29, 0.717) is 61.0 Å². The van der Waals surface area contributed by atoms with Crippen molar-refractivity contribution in [2.24, 2.45) is 16.6 Å². The Bertz CT molecular complexity index is 1480. The van der Waals surface area contributed by atoms with Gasteiger partial charge in [-0.3, -0.25) is 9.79 Å². The molecule has 1 atom stereocenters. The van der Waals surface area contributed by atoms with Crippen molar-refractivity contribution in [2.75, 3.05) is 38.2 Å². The van der Waals surface area contributed by atoms with Crippen molar-refractivity contribution in [3.05, 3.63) is 53.6 Å². The maximum atomic E-state index is 12.7. The number of halogens is 3. The SMILES string of the molecule is N#CCC1(N=CC(=CN)/C(C=N)=C/c2ncc(-c3cccc(NC(=O)NCC(F)(F)F)c3)[nH]2)CN(C(=O)C2CCOC2)C1. The zero-order valence-electron chi connectivity index (χ0n) is 22.9. The fraction of sp³-hybridized carbons (Fsp3) is 0.357. The zero-order chi connectivity index (χ0) is 31.0. The number of hydrogen-bond donors (Lipinski definition) is 5. The topological polar surface area (TPSA) is 185 Å². The second-order valence-corrected chi connectivity index (χ2v) is 10.1. The van der Waals surface area contributed by atoms with Gasteiger partial charge in [-0.25, -0.2) is 9.78 Å². The number of nitrogens with two attached hydrogens (primary N) is 1. The van der Waals surface area contributed by atoms with Crippen LogP contribution in [0, 0.1) is 22.7 Å². The van der Waals surface area contributed by atoms with Gasteiger partial charge in [0.25, 0.3) is 0 Å². The fourth-order valence-corrected chi connectivity index (χ4v) is 4.65. The molecule has 2 fully saturated rings. The van der Waals surface area contributed by atoms with Gasteiger partial charge in [0.2, 0.25) is 5.91 Å². The fourth-order valence-electron chi connectivity index (χ4n) is 4.65. The van der Waals surface area contributed by atoms with Crippen molar-refractivity contribution < 1.29 is 27.5 Å². The van der Waals surface area contributed by atoms with E-state index in [1.807, 2.05) is 0 Å². The number of rotatable bonds is 10. The summed E-state index contributed by atoms with van der Waals surface area (Å²) in [6, 6.07) is 7.56. The first-order chi connectivity index (χ1) is 20.5. The Labute approximate surface area is 245 Å². The van der Waals surface area contributed by atoms with Crippen molar-refractivity contribution in [1.82, 2.24) is 20.2 Å². The van der Waals surface area contributed by atoms with E-state index in [0.717, 1.165) is 6.21 Å². The van der Waals surface area contributed by atoms with E-state index in [1.54, 1.807) is 34.5 Å². The van der Waals surface area contributed by atoms with Gasteiger partial charge in [-0.1, -0.05) is 12.1 Å². The van der Waals surface area contributed by atoms with Gasteiger partial charge in [-0.05, 0) is 24.6 Å². The number of aromatic amines is 1. The number of allylic oxidation sites excluding steroid dienone is 2. The minimum Gasteiger partial charge on any atom is -0.404 e. The molecule has 0 aliphatic carbocycles. The number of benzene rings is 1. The summed E-state index contributed by atoms with van der Waals surface area (Å²) in [5.41, 5.74) is 7.25. The molecule has 0 spiro atoms. The number of likely N-dealkylation sites (tertiary alicyclic amines) is 1. The first-order valence-corrected chi connectivity index (χ1v) is 13.2. The third-order valence-corrected chi connectivity index (χ3v) is 6.88. The number of urea groups is 1. The van der Waals surface area contributed by atoms with Gasteiger partial charge >= 0.3 is 12.2 Å². The Balaban J connectivity index is 1.43. The number of nitrogens with one attached hydrogen (secondary N) is 4. The molecule has 0 bridgehead atoms. The number of carbonyl (C=O) groups excluding carboxylic acids is 2. The first kappa shape index (κ1) is 31.0. The minimum atomic E-state index is -4.53. The third-order valence-electron chi connectivity index (χ3n) is 6.88. The summed E-state index contributed by atoms with van der Waals surface area (Å²) >= 11 is 0. The standard InChI is InChI=1S/C28H30F3N9O3/c29-28(30,31)15-36-26(42)38-22-3-1-2-18(8-22)23-13-35-24(39-23)9-20(10-33)21(11-34)12-37-27(5-6-32)16-40(17-27)25(41)19-4-7-43-14-19/h1-3,8-13,19,33H,4-5,7,14-17,34H2,(H,35,39)(H2,36,38,42)/b20-9+,21-11?,33-10?,37-12?. The third kappa shape index (κ3) is 8.07. The largest absolute Gasteiger partial charge is 0.405 e. The lowest BCUT2D eigenvalue weighted by molar-refractivity contribution is -0.142. The molecule has 1 aromatic carbocycles. The molecule has 226 valence electrons. The summed E-state index contributed by atoms with van der Waals surface area (Å²) < 4.78 is 42.3.